The fraction of sp³-hybridized carbons (Fsp3) is 0.294. The van der Waals surface area contributed by atoms with Gasteiger partial charge in [-0.1, -0.05) is 54.6 Å². The molecular weight excluding hydrogens is 232 g/mol. The molecule has 0 bridgehead atoms. The monoisotopic (exact) mass is 254 g/mol. The Balaban J connectivity index is 2.01. The van der Waals surface area contributed by atoms with Gasteiger partial charge in [0.2, 0.25) is 0 Å². The van der Waals surface area contributed by atoms with E-state index in [9.17, 15) is 0 Å². The number of nitrogens with one attached hydrogen (secondary N) is 1. The molecular formula is C17H22N2. The average Bonchev–Trinajstić information content (AvgIpc) is 2.48. The highest BCUT2D eigenvalue weighted by atomic mass is 14.9. The fourth-order valence-corrected chi connectivity index (χ4v) is 2.27. The van der Waals surface area contributed by atoms with Crippen LogP contribution >= 0.6 is 0 Å². The van der Waals surface area contributed by atoms with Crippen LogP contribution in [0.1, 0.15) is 12.0 Å². The van der Waals surface area contributed by atoms with Gasteiger partial charge in [-0.25, -0.2) is 0 Å². The molecule has 0 aliphatic carbocycles. The molecule has 2 aromatic carbocycles. The number of benzene rings is 2. The Kier molecular flexibility index (Phi) is 5.60. The van der Waals surface area contributed by atoms with E-state index in [1.165, 1.54) is 16.7 Å². The minimum Gasteiger partial charge on any atom is -0.329 e. The van der Waals surface area contributed by atoms with E-state index >= 15 is 0 Å². The van der Waals surface area contributed by atoms with Gasteiger partial charge < -0.3 is 11.1 Å². The van der Waals surface area contributed by atoms with E-state index in [-0.39, 0.29) is 0 Å². The van der Waals surface area contributed by atoms with Crippen molar-refractivity contribution in [1.82, 2.24) is 5.32 Å². The number of nitrogens with two attached hydrogens (primary N) is 1. The summed E-state index contributed by atoms with van der Waals surface area (Å²) < 4.78 is 0. The van der Waals surface area contributed by atoms with Crippen LogP contribution in [0.2, 0.25) is 0 Å². The zero-order valence-electron chi connectivity index (χ0n) is 11.3. The van der Waals surface area contributed by atoms with Crippen molar-refractivity contribution in [2.24, 2.45) is 5.73 Å². The van der Waals surface area contributed by atoms with E-state index in [2.05, 4.69) is 59.9 Å². The maximum Gasteiger partial charge on any atom is 0.00745 e. The molecule has 0 aromatic heterocycles. The summed E-state index contributed by atoms with van der Waals surface area (Å²) in [4.78, 5) is 0. The van der Waals surface area contributed by atoms with Crippen LogP contribution in [-0.4, -0.2) is 19.6 Å². The van der Waals surface area contributed by atoms with Gasteiger partial charge >= 0.3 is 0 Å². The molecule has 0 radical (unpaired) electrons. The molecule has 100 valence electrons. The zero-order valence-corrected chi connectivity index (χ0v) is 11.3. The van der Waals surface area contributed by atoms with Crippen molar-refractivity contribution >= 4 is 0 Å². The van der Waals surface area contributed by atoms with Gasteiger partial charge in [-0.05, 0) is 36.1 Å². The number of aryl methyl sites for hydroxylation is 1. The Bertz CT molecular complexity index is 480. The Morgan fingerprint density at radius 1 is 0.842 bits per heavy atom. The van der Waals surface area contributed by atoms with Gasteiger partial charge in [0.05, 0.1) is 0 Å². The molecule has 0 fully saturated rings. The van der Waals surface area contributed by atoms with E-state index in [1.807, 2.05) is 0 Å². The third-order valence-electron chi connectivity index (χ3n) is 3.22. The first kappa shape index (κ1) is 13.8. The standard InChI is InChI=1S/C17H22N2/c18-12-14-19-13-6-10-16-9-4-5-11-17(16)15-7-2-1-3-8-15/h1-5,7-9,11,19H,6,10,12-14,18H2. The van der Waals surface area contributed by atoms with Gasteiger partial charge in [-0.3, -0.25) is 0 Å². The van der Waals surface area contributed by atoms with Crippen molar-refractivity contribution in [2.45, 2.75) is 12.8 Å². The van der Waals surface area contributed by atoms with Crippen molar-refractivity contribution in [3.63, 3.8) is 0 Å². The Labute approximate surface area is 115 Å². The van der Waals surface area contributed by atoms with Crippen LogP contribution in [0, 0.1) is 0 Å². The Hall–Kier alpha value is -1.64. The molecule has 0 heterocycles. The van der Waals surface area contributed by atoms with E-state index in [1.54, 1.807) is 0 Å². The third kappa shape index (κ3) is 4.19. The number of rotatable bonds is 7. The smallest absolute Gasteiger partial charge is 0.00745 e. The largest absolute Gasteiger partial charge is 0.329 e. The van der Waals surface area contributed by atoms with Gasteiger partial charge in [0.1, 0.15) is 0 Å². The summed E-state index contributed by atoms with van der Waals surface area (Å²) in [5, 5.41) is 3.34. The van der Waals surface area contributed by atoms with E-state index in [0.717, 1.165) is 25.9 Å². The second-order valence-electron chi connectivity index (χ2n) is 4.67. The predicted molar refractivity (Wildman–Crippen MR) is 82.1 cm³/mol. The Morgan fingerprint density at radius 3 is 2.37 bits per heavy atom. The summed E-state index contributed by atoms with van der Waals surface area (Å²) in [5.41, 5.74) is 9.53. The molecule has 0 saturated carbocycles. The van der Waals surface area contributed by atoms with Gasteiger partial charge in [0, 0.05) is 13.1 Å². The molecule has 0 unspecified atom stereocenters. The first-order valence-electron chi connectivity index (χ1n) is 6.96. The second kappa shape index (κ2) is 7.72. The molecule has 0 aliphatic heterocycles. The molecule has 0 saturated heterocycles. The zero-order chi connectivity index (χ0) is 13.3. The molecule has 2 heteroatoms. The lowest BCUT2D eigenvalue weighted by Gasteiger charge is -2.10. The quantitative estimate of drug-likeness (QED) is 0.746. The van der Waals surface area contributed by atoms with Crippen molar-refractivity contribution in [3.8, 4) is 11.1 Å². The molecule has 2 nitrogen and oxygen atoms in total. The lowest BCUT2D eigenvalue weighted by atomic mass is 9.97. The van der Waals surface area contributed by atoms with Crippen LogP contribution in [0.15, 0.2) is 54.6 Å². The summed E-state index contributed by atoms with van der Waals surface area (Å²) in [6.45, 7) is 2.64. The van der Waals surface area contributed by atoms with Gasteiger partial charge in [0.25, 0.3) is 0 Å². The molecule has 19 heavy (non-hydrogen) atoms. The van der Waals surface area contributed by atoms with Crippen molar-refractivity contribution in [1.29, 1.82) is 0 Å². The molecule has 0 amide bonds. The summed E-state index contributed by atoms with van der Waals surface area (Å²) in [6, 6.07) is 19.3. The maximum atomic E-state index is 5.46. The van der Waals surface area contributed by atoms with Crippen molar-refractivity contribution in [3.05, 3.63) is 60.2 Å². The summed E-state index contributed by atoms with van der Waals surface area (Å²) >= 11 is 0. The van der Waals surface area contributed by atoms with E-state index in [0.29, 0.717) is 6.54 Å². The van der Waals surface area contributed by atoms with Crippen molar-refractivity contribution < 1.29 is 0 Å². The minimum atomic E-state index is 0.709. The third-order valence-corrected chi connectivity index (χ3v) is 3.22. The fourth-order valence-electron chi connectivity index (χ4n) is 2.27. The summed E-state index contributed by atoms with van der Waals surface area (Å²) in [5.74, 6) is 0. The highest BCUT2D eigenvalue weighted by Gasteiger charge is 2.03. The SMILES string of the molecule is NCCNCCCc1ccccc1-c1ccccc1. The maximum absolute atomic E-state index is 5.46. The molecule has 0 spiro atoms. The predicted octanol–water partition coefficient (Wildman–Crippen LogP) is 2.83. The highest BCUT2D eigenvalue weighted by molar-refractivity contribution is 5.67. The van der Waals surface area contributed by atoms with Gasteiger partial charge in [-0.15, -0.1) is 0 Å². The first-order valence-corrected chi connectivity index (χ1v) is 6.96. The lowest BCUT2D eigenvalue weighted by molar-refractivity contribution is 0.653. The van der Waals surface area contributed by atoms with Gasteiger partial charge in [-0.2, -0.15) is 0 Å². The van der Waals surface area contributed by atoms with Crippen LogP contribution < -0.4 is 11.1 Å². The Morgan fingerprint density at radius 2 is 1.58 bits per heavy atom. The molecule has 2 rings (SSSR count). The van der Waals surface area contributed by atoms with Crippen LogP contribution in [-0.2, 0) is 6.42 Å². The normalized spacial score (nSPS) is 10.6. The lowest BCUT2D eigenvalue weighted by Crippen LogP contribution is -2.23. The number of hydrogen-bond acceptors (Lipinski definition) is 2. The topological polar surface area (TPSA) is 38.0 Å². The van der Waals surface area contributed by atoms with E-state index < -0.39 is 0 Å². The minimum absolute atomic E-state index is 0.709. The highest BCUT2D eigenvalue weighted by Crippen LogP contribution is 2.24. The molecule has 2 aromatic rings. The van der Waals surface area contributed by atoms with Gasteiger partial charge in [0.15, 0.2) is 0 Å². The molecule has 3 N–H and O–H groups in total. The summed E-state index contributed by atoms with van der Waals surface area (Å²) in [6.07, 6.45) is 2.24. The van der Waals surface area contributed by atoms with E-state index in [4.69, 9.17) is 5.73 Å². The molecule has 0 atom stereocenters. The van der Waals surface area contributed by atoms with Crippen LogP contribution in [0.25, 0.3) is 11.1 Å². The summed E-state index contributed by atoms with van der Waals surface area (Å²) in [7, 11) is 0. The second-order valence-corrected chi connectivity index (χ2v) is 4.67. The van der Waals surface area contributed by atoms with Crippen molar-refractivity contribution in [2.75, 3.05) is 19.6 Å². The number of hydrogen-bond donors (Lipinski definition) is 2. The average molecular weight is 254 g/mol. The molecule has 0 aliphatic rings. The van der Waals surface area contributed by atoms with Crippen LogP contribution in [0.5, 0.6) is 0 Å². The first-order chi connectivity index (χ1) is 9.42. The van der Waals surface area contributed by atoms with Crippen LogP contribution in [0.4, 0.5) is 0 Å². The van der Waals surface area contributed by atoms with Crippen LogP contribution in [0.3, 0.4) is 0 Å².